The first kappa shape index (κ1) is 14.4. The molecule has 0 aliphatic rings. The highest BCUT2D eigenvalue weighted by atomic mass is 16.6. The molecule has 1 aromatic carbocycles. The first-order chi connectivity index (χ1) is 10.0. The second-order valence-corrected chi connectivity index (χ2v) is 4.06. The summed E-state index contributed by atoms with van der Waals surface area (Å²) >= 11 is 0. The zero-order valence-corrected chi connectivity index (χ0v) is 11.3. The fourth-order valence-electron chi connectivity index (χ4n) is 1.65. The molecular formula is C12H12N4O5. The number of amides is 1. The minimum Gasteiger partial charge on any atom is -0.490 e. The molecule has 0 bridgehead atoms. The van der Waals surface area contributed by atoms with Crippen LogP contribution in [0.1, 0.15) is 22.1 Å². The van der Waals surface area contributed by atoms with Gasteiger partial charge in [0, 0.05) is 18.6 Å². The molecule has 9 nitrogen and oxygen atoms in total. The first-order valence-corrected chi connectivity index (χ1v) is 5.91. The Labute approximate surface area is 119 Å². The van der Waals surface area contributed by atoms with Gasteiger partial charge in [0.1, 0.15) is 0 Å². The van der Waals surface area contributed by atoms with Crippen molar-refractivity contribution in [3.8, 4) is 5.75 Å². The zero-order valence-electron chi connectivity index (χ0n) is 11.3. The van der Waals surface area contributed by atoms with Crippen molar-refractivity contribution in [2.24, 2.45) is 0 Å². The second kappa shape index (κ2) is 5.99. The molecule has 1 heterocycles. The van der Waals surface area contributed by atoms with Crippen LogP contribution in [0.4, 0.5) is 5.69 Å². The predicted molar refractivity (Wildman–Crippen MR) is 69.9 cm³/mol. The lowest BCUT2D eigenvalue weighted by molar-refractivity contribution is -0.385. The number of nitrogens with zero attached hydrogens (tertiary/aromatic N) is 3. The number of rotatable bonds is 5. The molecule has 1 aromatic heterocycles. The smallest absolute Gasteiger partial charge is 0.311 e. The lowest BCUT2D eigenvalue weighted by Gasteiger charge is -2.05. The molecule has 0 atom stereocenters. The number of nitro benzene ring substituents is 1. The number of carbonyl (C=O) groups is 1. The Morgan fingerprint density at radius 1 is 1.52 bits per heavy atom. The third kappa shape index (κ3) is 3.32. The summed E-state index contributed by atoms with van der Waals surface area (Å²) in [6.45, 7) is 1.70. The molecular weight excluding hydrogens is 280 g/mol. The number of hydrogen-bond donors (Lipinski definition) is 1. The van der Waals surface area contributed by atoms with Crippen molar-refractivity contribution in [3.63, 3.8) is 0 Å². The van der Waals surface area contributed by atoms with Crippen molar-refractivity contribution < 1.29 is 19.0 Å². The molecule has 0 unspecified atom stereocenters. The molecule has 2 rings (SSSR count). The summed E-state index contributed by atoms with van der Waals surface area (Å²) < 4.78 is 9.63. The Kier molecular flexibility index (Phi) is 4.12. The molecule has 21 heavy (non-hydrogen) atoms. The summed E-state index contributed by atoms with van der Waals surface area (Å²) in [7, 11) is 1.32. The highest BCUT2D eigenvalue weighted by molar-refractivity contribution is 5.95. The van der Waals surface area contributed by atoms with Crippen LogP contribution < -0.4 is 10.1 Å². The quantitative estimate of drug-likeness (QED) is 0.649. The summed E-state index contributed by atoms with van der Waals surface area (Å²) in [5.74, 6) is 0.316. The molecule has 0 saturated heterocycles. The predicted octanol–water partition coefficient (Wildman–Crippen LogP) is 1.22. The van der Waals surface area contributed by atoms with Crippen LogP contribution in [0.25, 0.3) is 0 Å². The normalized spacial score (nSPS) is 10.2. The van der Waals surface area contributed by atoms with Gasteiger partial charge in [-0.3, -0.25) is 14.9 Å². The number of aryl methyl sites for hydroxylation is 1. The highest BCUT2D eigenvalue weighted by Gasteiger charge is 2.18. The van der Waals surface area contributed by atoms with Gasteiger partial charge in [0.25, 0.3) is 5.91 Å². The number of nitro groups is 1. The third-order valence-electron chi connectivity index (χ3n) is 2.61. The third-order valence-corrected chi connectivity index (χ3v) is 2.61. The van der Waals surface area contributed by atoms with E-state index in [1.807, 2.05) is 0 Å². The van der Waals surface area contributed by atoms with E-state index in [1.54, 1.807) is 6.92 Å². The minimum absolute atomic E-state index is 0.0655. The van der Waals surface area contributed by atoms with Crippen molar-refractivity contribution >= 4 is 11.6 Å². The Hall–Kier alpha value is -2.97. The van der Waals surface area contributed by atoms with Crippen LogP contribution in [0, 0.1) is 17.0 Å². The van der Waals surface area contributed by atoms with Gasteiger partial charge in [-0.05, 0) is 12.1 Å². The van der Waals surface area contributed by atoms with Crippen molar-refractivity contribution in [3.05, 3.63) is 45.6 Å². The molecule has 0 aliphatic heterocycles. The number of carbonyl (C=O) groups excluding carboxylic acids is 1. The van der Waals surface area contributed by atoms with Gasteiger partial charge in [0.2, 0.25) is 5.89 Å². The number of nitrogens with one attached hydrogen (secondary N) is 1. The number of methoxy groups -OCH3 is 1. The van der Waals surface area contributed by atoms with Crippen molar-refractivity contribution in [1.29, 1.82) is 0 Å². The summed E-state index contributed by atoms with van der Waals surface area (Å²) in [6, 6.07) is 3.95. The molecule has 0 aliphatic carbocycles. The van der Waals surface area contributed by atoms with E-state index in [2.05, 4.69) is 15.5 Å². The van der Waals surface area contributed by atoms with Crippen molar-refractivity contribution in [2.75, 3.05) is 7.11 Å². The zero-order chi connectivity index (χ0) is 15.4. The average Bonchev–Trinajstić information content (AvgIpc) is 2.89. The van der Waals surface area contributed by atoms with Crippen LogP contribution in [0.15, 0.2) is 22.7 Å². The molecule has 0 radical (unpaired) electrons. The van der Waals surface area contributed by atoms with Crippen molar-refractivity contribution in [2.45, 2.75) is 13.5 Å². The van der Waals surface area contributed by atoms with Crippen LogP contribution in [-0.2, 0) is 6.54 Å². The van der Waals surface area contributed by atoms with Gasteiger partial charge in [-0.25, -0.2) is 0 Å². The SMILES string of the molecule is COc1ccc(C(=O)NCc2noc(C)n2)cc1[N+](=O)[O-]. The van der Waals surface area contributed by atoms with Crippen LogP contribution >= 0.6 is 0 Å². The van der Waals surface area contributed by atoms with E-state index in [0.29, 0.717) is 11.7 Å². The van der Waals surface area contributed by atoms with Gasteiger partial charge in [0.05, 0.1) is 18.6 Å². The Bertz CT molecular complexity index is 682. The van der Waals surface area contributed by atoms with Crippen LogP contribution in [0.3, 0.4) is 0 Å². The van der Waals surface area contributed by atoms with E-state index < -0.39 is 10.8 Å². The molecule has 0 fully saturated rings. The summed E-state index contributed by atoms with van der Waals surface area (Å²) in [5.41, 5.74) is -0.136. The van der Waals surface area contributed by atoms with Gasteiger partial charge in [-0.15, -0.1) is 0 Å². The maximum absolute atomic E-state index is 11.9. The molecule has 0 spiro atoms. The van der Waals surface area contributed by atoms with E-state index in [-0.39, 0.29) is 23.5 Å². The topological polar surface area (TPSA) is 120 Å². The maximum Gasteiger partial charge on any atom is 0.311 e. The number of ether oxygens (including phenoxy) is 1. The molecule has 110 valence electrons. The molecule has 1 N–H and O–H groups in total. The minimum atomic E-state index is -0.613. The fraction of sp³-hybridized carbons (Fsp3) is 0.250. The van der Waals surface area contributed by atoms with Gasteiger partial charge in [-0.2, -0.15) is 4.98 Å². The standard InChI is InChI=1S/C12H12N4O5/c1-7-14-11(15-21-7)6-13-12(17)8-3-4-10(20-2)9(5-8)16(18)19/h3-5H,6H2,1-2H3,(H,13,17). The van der Waals surface area contributed by atoms with Gasteiger partial charge < -0.3 is 14.6 Å². The largest absolute Gasteiger partial charge is 0.490 e. The van der Waals surface area contributed by atoms with Gasteiger partial charge in [0.15, 0.2) is 11.6 Å². The Morgan fingerprint density at radius 2 is 2.29 bits per heavy atom. The van der Waals surface area contributed by atoms with E-state index in [0.717, 1.165) is 6.07 Å². The molecule has 1 amide bonds. The first-order valence-electron chi connectivity index (χ1n) is 5.91. The summed E-state index contributed by atoms with van der Waals surface area (Å²) in [4.78, 5) is 26.2. The summed E-state index contributed by atoms with van der Waals surface area (Å²) in [6.07, 6.45) is 0. The molecule has 9 heteroatoms. The highest BCUT2D eigenvalue weighted by Crippen LogP contribution is 2.27. The molecule has 2 aromatic rings. The number of benzene rings is 1. The average molecular weight is 292 g/mol. The summed E-state index contributed by atoms with van der Waals surface area (Å²) in [5, 5.41) is 17.1. The number of hydrogen-bond acceptors (Lipinski definition) is 7. The van der Waals surface area contributed by atoms with Crippen molar-refractivity contribution in [1.82, 2.24) is 15.5 Å². The van der Waals surface area contributed by atoms with E-state index >= 15 is 0 Å². The van der Waals surface area contributed by atoms with E-state index in [9.17, 15) is 14.9 Å². The monoisotopic (exact) mass is 292 g/mol. The fourth-order valence-corrected chi connectivity index (χ4v) is 1.65. The second-order valence-electron chi connectivity index (χ2n) is 4.06. The Balaban J connectivity index is 2.12. The van der Waals surface area contributed by atoms with Gasteiger partial charge in [-0.1, -0.05) is 5.16 Å². The lowest BCUT2D eigenvalue weighted by Crippen LogP contribution is -2.23. The van der Waals surface area contributed by atoms with Gasteiger partial charge >= 0.3 is 5.69 Å². The Morgan fingerprint density at radius 3 is 2.86 bits per heavy atom. The number of aromatic nitrogens is 2. The molecule has 0 saturated carbocycles. The van der Waals surface area contributed by atoms with Crippen LogP contribution in [0.2, 0.25) is 0 Å². The van der Waals surface area contributed by atoms with E-state index in [1.165, 1.54) is 19.2 Å². The van der Waals surface area contributed by atoms with E-state index in [4.69, 9.17) is 9.26 Å². The lowest BCUT2D eigenvalue weighted by atomic mass is 10.1. The maximum atomic E-state index is 11.9. The van der Waals surface area contributed by atoms with Crippen LogP contribution in [0.5, 0.6) is 5.75 Å². The van der Waals surface area contributed by atoms with Crippen LogP contribution in [-0.4, -0.2) is 28.1 Å².